The lowest BCUT2D eigenvalue weighted by atomic mass is 10.0. The number of rotatable bonds is 8. The van der Waals surface area contributed by atoms with E-state index in [1.165, 1.54) is 35.5 Å². The fourth-order valence-electron chi connectivity index (χ4n) is 3.27. The number of thiazole rings is 1. The van der Waals surface area contributed by atoms with Crippen LogP contribution in [-0.4, -0.2) is 88.0 Å². The first-order chi connectivity index (χ1) is 15.4. The van der Waals surface area contributed by atoms with Crippen LogP contribution in [-0.2, 0) is 28.7 Å². The molecule has 15 heteroatoms. The summed E-state index contributed by atoms with van der Waals surface area (Å²) in [6, 6.07) is -0.905. The Morgan fingerprint density at radius 1 is 1.53 bits per heavy atom. The lowest BCUT2D eigenvalue weighted by Gasteiger charge is -2.49. The number of carbonyl (C=O) groups excluding carboxylic acids is 2. The molecule has 4 rings (SSSR count). The maximum atomic E-state index is 12.8. The monoisotopic (exact) mass is 501 g/mol. The maximum absolute atomic E-state index is 12.8. The van der Waals surface area contributed by atoms with Gasteiger partial charge in [-0.3, -0.25) is 14.5 Å². The fraction of sp³-hybridized carbons (Fsp3) is 0.471. The molecule has 172 valence electrons. The Balaban J connectivity index is 1.46. The summed E-state index contributed by atoms with van der Waals surface area (Å²) < 4.78 is 10.5. The van der Waals surface area contributed by atoms with E-state index in [4.69, 9.17) is 20.0 Å². The number of carboxylic acid groups (broad SMARTS) is 1. The first kappa shape index (κ1) is 22.8. The third-order valence-corrected chi connectivity index (χ3v) is 8.08. The van der Waals surface area contributed by atoms with E-state index in [1.54, 1.807) is 5.38 Å². The molecule has 3 aliphatic heterocycles. The fourth-order valence-corrected chi connectivity index (χ4v) is 6.45. The van der Waals surface area contributed by atoms with Gasteiger partial charge in [0.2, 0.25) is 0 Å². The van der Waals surface area contributed by atoms with Crippen molar-refractivity contribution >= 4 is 63.5 Å². The van der Waals surface area contributed by atoms with Crippen molar-refractivity contribution in [2.45, 2.75) is 17.5 Å². The Bertz CT molecular complexity index is 991. The Kier molecular flexibility index (Phi) is 6.90. The molecule has 32 heavy (non-hydrogen) atoms. The van der Waals surface area contributed by atoms with Gasteiger partial charge in [-0.1, -0.05) is 5.16 Å². The van der Waals surface area contributed by atoms with E-state index in [1.807, 2.05) is 0 Å². The molecule has 0 saturated carbocycles. The molecule has 2 fully saturated rings. The summed E-state index contributed by atoms with van der Waals surface area (Å²) in [5.41, 5.74) is 5.65. The zero-order chi connectivity index (χ0) is 22.8. The van der Waals surface area contributed by atoms with Gasteiger partial charge >= 0.3 is 5.97 Å². The predicted octanol–water partition coefficient (Wildman–Crippen LogP) is -0.122. The Labute approximate surface area is 194 Å². The van der Waals surface area contributed by atoms with Crippen LogP contribution in [0.1, 0.15) is 5.69 Å². The average molecular weight is 502 g/mol. The highest BCUT2D eigenvalue weighted by Gasteiger charge is 2.54. The van der Waals surface area contributed by atoms with E-state index in [9.17, 15) is 19.5 Å². The number of nitrogens with two attached hydrogens (primary N) is 1. The van der Waals surface area contributed by atoms with Crippen molar-refractivity contribution in [3.05, 3.63) is 21.7 Å². The number of carbonyl (C=O) groups is 3. The van der Waals surface area contributed by atoms with Gasteiger partial charge in [-0.05, 0) is 0 Å². The standard InChI is InChI=1S/C17H19N5O7S3/c1-27-21-10(8-4-32-17(18)19-8)13(23)20-11-14(24)22-12(16(25)26)9(5-31-15(11)22)30-3-7-2-28-6-29-7/h4,7,11,15H,2-3,5-6H2,1H3,(H2,18,19)(H,20,23)(H,25,26)/b21-10-/t7?,11?,15-/m0/s1. The molecule has 1 aromatic heterocycles. The molecule has 0 bridgehead atoms. The second-order valence-electron chi connectivity index (χ2n) is 6.72. The van der Waals surface area contributed by atoms with Gasteiger partial charge in [-0.25, -0.2) is 9.78 Å². The lowest BCUT2D eigenvalue weighted by Crippen LogP contribution is -2.71. The summed E-state index contributed by atoms with van der Waals surface area (Å²) in [5, 5.41) is 17.3. The number of hydrogen-bond acceptors (Lipinski definition) is 12. The predicted molar refractivity (Wildman–Crippen MR) is 118 cm³/mol. The van der Waals surface area contributed by atoms with E-state index < -0.39 is 29.2 Å². The molecule has 0 aromatic carbocycles. The number of β-lactam (4-membered cyclic amide) rings is 1. The van der Waals surface area contributed by atoms with Crippen LogP contribution < -0.4 is 11.1 Å². The number of aliphatic carboxylic acids is 1. The van der Waals surface area contributed by atoms with Crippen molar-refractivity contribution in [1.82, 2.24) is 15.2 Å². The van der Waals surface area contributed by atoms with Crippen LogP contribution in [0.5, 0.6) is 0 Å². The Hall–Kier alpha value is -2.33. The molecule has 0 spiro atoms. The van der Waals surface area contributed by atoms with Crippen LogP contribution in [0, 0.1) is 0 Å². The number of aromatic nitrogens is 1. The van der Waals surface area contributed by atoms with Crippen LogP contribution in [0.4, 0.5) is 5.13 Å². The average Bonchev–Trinajstić information content (AvgIpc) is 3.45. The summed E-state index contributed by atoms with van der Waals surface area (Å²) in [6.45, 7) is 0.673. The molecule has 4 heterocycles. The molecule has 0 radical (unpaired) electrons. The highest BCUT2D eigenvalue weighted by Crippen LogP contribution is 2.43. The number of thioether (sulfide) groups is 2. The second-order valence-corrected chi connectivity index (χ2v) is 9.83. The highest BCUT2D eigenvalue weighted by atomic mass is 32.2. The number of nitrogen functional groups attached to an aromatic ring is 1. The number of oxime groups is 1. The van der Waals surface area contributed by atoms with Crippen molar-refractivity contribution in [2.24, 2.45) is 5.16 Å². The summed E-state index contributed by atoms with van der Waals surface area (Å²) in [4.78, 5) is 48.0. The van der Waals surface area contributed by atoms with Crippen LogP contribution in [0.2, 0.25) is 0 Å². The Morgan fingerprint density at radius 3 is 2.97 bits per heavy atom. The number of fused-ring (bicyclic) bond motifs is 1. The highest BCUT2D eigenvalue weighted by molar-refractivity contribution is 8.06. The number of nitrogens with zero attached hydrogens (tertiary/aromatic N) is 3. The van der Waals surface area contributed by atoms with Crippen molar-refractivity contribution in [1.29, 1.82) is 0 Å². The SMILES string of the molecule is CO/N=C(\C(=O)NC1C(=O)N2C(C(=O)O)=C(SCC3COCO3)CS[C@@H]12)c1csc(N)n1. The van der Waals surface area contributed by atoms with Crippen LogP contribution >= 0.6 is 34.9 Å². The molecule has 4 N–H and O–H groups in total. The third kappa shape index (κ3) is 4.43. The summed E-state index contributed by atoms with van der Waals surface area (Å²) in [5.74, 6) is -1.47. The van der Waals surface area contributed by atoms with Crippen molar-refractivity contribution < 1.29 is 33.8 Å². The summed E-state index contributed by atoms with van der Waals surface area (Å²) >= 11 is 3.84. The number of anilines is 1. The first-order valence-electron chi connectivity index (χ1n) is 9.27. The van der Waals surface area contributed by atoms with Crippen LogP contribution in [0.25, 0.3) is 0 Å². The normalized spacial score (nSPS) is 25.4. The van der Waals surface area contributed by atoms with Crippen molar-refractivity contribution in [3.63, 3.8) is 0 Å². The minimum absolute atomic E-state index is 0.0637. The minimum atomic E-state index is -1.20. The second kappa shape index (κ2) is 9.66. The minimum Gasteiger partial charge on any atom is -0.477 e. The van der Waals surface area contributed by atoms with Gasteiger partial charge in [0.15, 0.2) is 10.8 Å². The van der Waals surface area contributed by atoms with E-state index in [0.29, 0.717) is 23.0 Å². The maximum Gasteiger partial charge on any atom is 0.353 e. The van der Waals surface area contributed by atoms with Gasteiger partial charge < -0.3 is 30.5 Å². The number of nitrogens with one attached hydrogen (secondary N) is 1. The molecular weight excluding hydrogens is 482 g/mol. The van der Waals surface area contributed by atoms with Crippen molar-refractivity contribution in [3.8, 4) is 0 Å². The topological polar surface area (TPSA) is 166 Å². The zero-order valence-electron chi connectivity index (χ0n) is 16.7. The third-order valence-electron chi connectivity index (χ3n) is 4.72. The molecule has 3 aliphatic rings. The molecule has 3 atom stereocenters. The molecule has 12 nitrogen and oxygen atoms in total. The van der Waals surface area contributed by atoms with E-state index >= 15 is 0 Å². The largest absolute Gasteiger partial charge is 0.477 e. The van der Waals surface area contributed by atoms with E-state index in [2.05, 4.69) is 15.5 Å². The van der Waals surface area contributed by atoms with Crippen LogP contribution in [0.15, 0.2) is 21.1 Å². The number of hydrogen-bond donors (Lipinski definition) is 3. The van der Waals surface area contributed by atoms with Gasteiger partial charge in [0.25, 0.3) is 11.8 Å². The molecular formula is C17H19N5O7S3. The van der Waals surface area contributed by atoms with Gasteiger partial charge in [-0.15, -0.1) is 34.9 Å². The quantitative estimate of drug-likeness (QED) is 0.247. The van der Waals surface area contributed by atoms with E-state index in [0.717, 1.165) is 11.3 Å². The number of ether oxygens (including phenoxy) is 2. The molecule has 1 aromatic rings. The molecule has 2 unspecified atom stereocenters. The van der Waals surface area contributed by atoms with Gasteiger partial charge in [0, 0.05) is 21.8 Å². The lowest BCUT2D eigenvalue weighted by molar-refractivity contribution is -0.150. The van der Waals surface area contributed by atoms with Gasteiger partial charge in [0.1, 0.15) is 36.7 Å². The first-order valence-corrected chi connectivity index (χ1v) is 12.2. The van der Waals surface area contributed by atoms with Crippen LogP contribution in [0.3, 0.4) is 0 Å². The summed E-state index contributed by atoms with van der Waals surface area (Å²) in [7, 11) is 1.28. The molecule has 2 saturated heterocycles. The van der Waals surface area contributed by atoms with Gasteiger partial charge in [-0.2, -0.15) is 0 Å². The summed E-state index contributed by atoms with van der Waals surface area (Å²) in [6.07, 6.45) is -0.123. The Morgan fingerprint density at radius 2 is 2.34 bits per heavy atom. The van der Waals surface area contributed by atoms with E-state index in [-0.39, 0.29) is 35.1 Å². The van der Waals surface area contributed by atoms with Gasteiger partial charge in [0.05, 0.1) is 12.7 Å². The molecule has 2 amide bonds. The molecule has 0 aliphatic carbocycles. The zero-order valence-corrected chi connectivity index (χ0v) is 19.1. The van der Waals surface area contributed by atoms with Crippen molar-refractivity contribution in [2.75, 3.05) is 37.7 Å². The number of carboxylic acids is 1. The number of amides is 2. The smallest absolute Gasteiger partial charge is 0.353 e.